The normalized spacial score (nSPS) is 17.3. The first kappa shape index (κ1) is 26.4. The molecule has 0 fully saturated rings. The van der Waals surface area contributed by atoms with Gasteiger partial charge in [-0.2, -0.15) is 5.10 Å². The fraction of sp³-hybridized carbons (Fsp3) is 0.161. The van der Waals surface area contributed by atoms with Crippen LogP contribution in [0.4, 0.5) is 0 Å². The van der Waals surface area contributed by atoms with E-state index in [1.807, 2.05) is 59.6 Å². The van der Waals surface area contributed by atoms with E-state index in [1.54, 1.807) is 38.5 Å². The van der Waals surface area contributed by atoms with Gasteiger partial charge < -0.3 is 18.9 Å². The highest BCUT2D eigenvalue weighted by atomic mass is 79.9. The Bertz CT molecular complexity index is 1610. The summed E-state index contributed by atoms with van der Waals surface area (Å²) < 4.78 is 24.8. The highest BCUT2D eigenvalue weighted by Gasteiger charge is 2.41. The molecule has 0 amide bonds. The minimum atomic E-state index is -0.543. The maximum Gasteiger partial charge on any atom is 0.343 e. The van der Waals surface area contributed by atoms with Crippen LogP contribution in [0.3, 0.4) is 0 Å². The first-order valence-corrected chi connectivity index (χ1v) is 14.1. The van der Waals surface area contributed by atoms with Crippen LogP contribution in [-0.4, -0.2) is 30.9 Å². The topological polar surface area (TPSA) is 69.6 Å². The van der Waals surface area contributed by atoms with Gasteiger partial charge in [-0.1, -0.05) is 34.1 Å². The fourth-order valence-corrected chi connectivity index (χ4v) is 5.86. The molecule has 4 aromatic carbocycles. The molecule has 2 unspecified atom stereocenters. The lowest BCUT2D eigenvalue weighted by molar-refractivity contribution is -0.0192. The third kappa shape index (κ3) is 4.95. The first-order chi connectivity index (χ1) is 19.4. The molecule has 202 valence electrons. The van der Waals surface area contributed by atoms with Gasteiger partial charge >= 0.3 is 5.97 Å². The number of carbonyl (C=O) groups is 1. The van der Waals surface area contributed by atoms with Crippen molar-refractivity contribution in [2.75, 3.05) is 14.2 Å². The maximum atomic E-state index is 12.8. The number of esters is 1. The SMILES string of the molecule is COc1ccc(C2=NN3C(C2)c2cc(Br)ccc2OC3c2cc(Br)c(OC(=O)c3ccccc3)c(OC)c2)cc1. The van der Waals surface area contributed by atoms with Gasteiger partial charge in [-0.15, -0.1) is 0 Å². The van der Waals surface area contributed by atoms with E-state index in [0.29, 0.717) is 28.0 Å². The summed E-state index contributed by atoms with van der Waals surface area (Å²) in [6.45, 7) is 0. The molecule has 40 heavy (non-hydrogen) atoms. The van der Waals surface area contributed by atoms with Crippen LogP contribution in [-0.2, 0) is 0 Å². The largest absolute Gasteiger partial charge is 0.497 e. The first-order valence-electron chi connectivity index (χ1n) is 12.6. The smallest absolute Gasteiger partial charge is 0.343 e. The molecular weight excluding hydrogens is 640 g/mol. The number of methoxy groups -OCH3 is 2. The van der Waals surface area contributed by atoms with Gasteiger partial charge in [-0.3, -0.25) is 0 Å². The van der Waals surface area contributed by atoms with E-state index in [9.17, 15) is 4.79 Å². The van der Waals surface area contributed by atoms with E-state index in [4.69, 9.17) is 24.0 Å². The predicted molar refractivity (Wildman–Crippen MR) is 158 cm³/mol. The molecule has 6 rings (SSSR count). The van der Waals surface area contributed by atoms with Crippen molar-refractivity contribution >= 4 is 43.5 Å². The Balaban J connectivity index is 1.38. The van der Waals surface area contributed by atoms with Gasteiger partial charge in [0.25, 0.3) is 0 Å². The molecule has 9 heteroatoms. The van der Waals surface area contributed by atoms with Gasteiger partial charge in [0.05, 0.1) is 36.0 Å². The van der Waals surface area contributed by atoms with Crippen molar-refractivity contribution in [1.82, 2.24) is 5.01 Å². The average Bonchev–Trinajstić information content (AvgIpc) is 3.44. The van der Waals surface area contributed by atoms with Crippen molar-refractivity contribution < 1.29 is 23.7 Å². The zero-order valence-electron chi connectivity index (χ0n) is 21.6. The quantitative estimate of drug-likeness (QED) is 0.156. The summed E-state index contributed by atoms with van der Waals surface area (Å²) in [4.78, 5) is 12.8. The molecule has 0 spiro atoms. The Morgan fingerprint density at radius 3 is 2.45 bits per heavy atom. The molecule has 0 saturated heterocycles. The lowest BCUT2D eigenvalue weighted by atomic mass is 9.96. The number of hydrazone groups is 1. The molecule has 0 saturated carbocycles. The minimum Gasteiger partial charge on any atom is -0.497 e. The monoisotopic (exact) mass is 662 g/mol. The van der Waals surface area contributed by atoms with Crippen molar-refractivity contribution in [2.24, 2.45) is 5.10 Å². The van der Waals surface area contributed by atoms with Crippen LogP contribution in [0.25, 0.3) is 0 Å². The zero-order valence-corrected chi connectivity index (χ0v) is 24.8. The van der Waals surface area contributed by atoms with Gasteiger partial charge in [0.1, 0.15) is 11.5 Å². The van der Waals surface area contributed by atoms with Crippen molar-refractivity contribution in [1.29, 1.82) is 0 Å². The fourth-order valence-electron chi connectivity index (χ4n) is 4.94. The number of rotatable bonds is 6. The molecule has 0 radical (unpaired) electrons. The summed E-state index contributed by atoms with van der Waals surface area (Å²) in [5.41, 5.74) is 4.26. The Morgan fingerprint density at radius 2 is 1.73 bits per heavy atom. The lowest BCUT2D eigenvalue weighted by Gasteiger charge is -2.38. The highest BCUT2D eigenvalue weighted by molar-refractivity contribution is 9.10. The van der Waals surface area contributed by atoms with Crippen LogP contribution in [0.5, 0.6) is 23.0 Å². The minimum absolute atomic E-state index is 0.0382. The molecular formula is C31H24Br2N2O5. The van der Waals surface area contributed by atoms with Crippen LogP contribution in [0.1, 0.15) is 45.7 Å². The second kappa shape index (κ2) is 11.0. The summed E-state index contributed by atoms with van der Waals surface area (Å²) in [6, 6.07) is 26.4. The molecule has 2 aliphatic heterocycles. The number of fused-ring (bicyclic) bond motifs is 3. The Kier molecular flexibility index (Phi) is 7.25. The standard InChI is InChI=1S/C31H24Br2N2O5/c1-37-22-11-8-18(9-12-22)25-17-26-23-16-21(32)10-13-27(23)39-30(35(26)34-25)20-14-24(33)29(28(15-20)38-2)40-31(36)19-6-4-3-5-7-19/h3-16,26,30H,17H2,1-2H3. The van der Waals surface area contributed by atoms with Crippen molar-refractivity contribution in [3.63, 3.8) is 0 Å². The molecule has 2 aliphatic rings. The summed E-state index contributed by atoms with van der Waals surface area (Å²) in [6.07, 6.45) is 0.166. The number of halogens is 2. The second-order valence-corrected chi connectivity index (χ2v) is 11.1. The van der Waals surface area contributed by atoms with E-state index in [-0.39, 0.29) is 6.04 Å². The number of benzene rings is 4. The summed E-state index contributed by atoms with van der Waals surface area (Å²) in [7, 11) is 3.19. The van der Waals surface area contributed by atoms with Gasteiger partial charge in [0.15, 0.2) is 11.5 Å². The van der Waals surface area contributed by atoms with E-state index >= 15 is 0 Å². The maximum absolute atomic E-state index is 12.8. The second-order valence-electron chi connectivity index (χ2n) is 9.32. The van der Waals surface area contributed by atoms with Gasteiger partial charge in [-0.05, 0) is 88.2 Å². The van der Waals surface area contributed by atoms with Crippen LogP contribution < -0.4 is 18.9 Å². The Morgan fingerprint density at radius 1 is 0.950 bits per heavy atom. The van der Waals surface area contributed by atoms with Crippen LogP contribution in [0.2, 0.25) is 0 Å². The summed E-state index contributed by atoms with van der Waals surface area (Å²) in [5, 5.41) is 7.04. The Labute approximate surface area is 248 Å². The number of hydrogen-bond acceptors (Lipinski definition) is 7. The molecule has 7 nitrogen and oxygen atoms in total. The average molecular weight is 664 g/mol. The zero-order chi connectivity index (χ0) is 27.8. The molecule has 2 atom stereocenters. The van der Waals surface area contributed by atoms with Crippen LogP contribution in [0, 0.1) is 0 Å². The lowest BCUT2D eigenvalue weighted by Crippen LogP contribution is -2.33. The molecule has 0 bridgehead atoms. The molecule has 0 N–H and O–H groups in total. The third-order valence-corrected chi connectivity index (χ3v) is 8.00. The number of ether oxygens (including phenoxy) is 4. The van der Waals surface area contributed by atoms with Gasteiger partial charge in [0.2, 0.25) is 6.23 Å². The van der Waals surface area contributed by atoms with Crippen molar-refractivity contribution in [3.05, 3.63) is 116 Å². The van der Waals surface area contributed by atoms with E-state index < -0.39 is 12.2 Å². The molecule has 0 aliphatic carbocycles. The third-order valence-electron chi connectivity index (χ3n) is 6.92. The highest BCUT2D eigenvalue weighted by Crippen LogP contribution is 2.50. The van der Waals surface area contributed by atoms with E-state index in [0.717, 1.165) is 38.4 Å². The van der Waals surface area contributed by atoms with Crippen LogP contribution in [0.15, 0.2) is 99.0 Å². The summed E-state index contributed by atoms with van der Waals surface area (Å²) in [5.74, 6) is 1.79. The van der Waals surface area contributed by atoms with Crippen molar-refractivity contribution in [2.45, 2.75) is 18.7 Å². The number of carbonyl (C=O) groups excluding carboxylic acids is 1. The van der Waals surface area contributed by atoms with Gasteiger partial charge in [-0.25, -0.2) is 9.80 Å². The summed E-state index contributed by atoms with van der Waals surface area (Å²) >= 11 is 7.20. The molecule has 4 aromatic rings. The van der Waals surface area contributed by atoms with Crippen LogP contribution >= 0.6 is 31.9 Å². The van der Waals surface area contributed by atoms with Crippen molar-refractivity contribution in [3.8, 4) is 23.0 Å². The van der Waals surface area contributed by atoms with Gasteiger partial charge in [0, 0.05) is 22.0 Å². The molecule has 0 aromatic heterocycles. The van der Waals surface area contributed by atoms with E-state index in [2.05, 4.69) is 37.9 Å². The number of hydrogen-bond donors (Lipinski definition) is 0. The Hall–Kier alpha value is -3.82. The van der Waals surface area contributed by atoms with E-state index in [1.165, 1.54) is 0 Å². The predicted octanol–water partition coefficient (Wildman–Crippen LogP) is 7.69. The number of nitrogens with zero attached hydrogens (tertiary/aromatic N) is 2. The molecule has 2 heterocycles.